The number of aromatic amines is 1. The van der Waals surface area contributed by atoms with E-state index < -0.39 is 6.04 Å². The number of aliphatic hydroxyl groups is 1. The van der Waals surface area contributed by atoms with Crippen LogP contribution in [0, 0.1) is 0 Å². The van der Waals surface area contributed by atoms with Gasteiger partial charge in [0.25, 0.3) is 0 Å². The van der Waals surface area contributed by atoms with Gasteiger partial charge >= 0.3 is 0 Å². The van der Waals surface area contributed by atoms with Gasteiger partial charge in [-0.2, -0.15) is 0 Å². The number of anilines is 1. The number of aromatic nitrogens is 1. The molecule has 4 rings (SSSR count). The molecule has 5 nitrogen and oxygen atoms in total. The highest BCUT2D eigenvalue weighted by Gasteiger charge is 2.30. The number of hydrogen-bond donors (Lipinski definition) is 3. The van der Waals surface area contributed by atoms with Crippen LogP contribution in [0.2, 0.25) is 10.0 Å². The Morgan fingerprint density at radius 1 is 1.22 bits per heavy atom. The van der Waals surface area contributed by atoms with E-state index in [0.29, 0.717) is 28.8 Å². The number of hydrogen-bond acceptors (Lipinski definition) is 3. The van der Waals surface area contributed by atoms with Crippen LogP contribution < -0.4 is 5.32 Å². The average molecular weight is 404 g/mol. The number of aliphatic hydroxyl groups excluding tert-OH is 1. The molecule has 3 N–H and O–H groups in total. The molecule has 0 saturated carbocycles. The van der Waals surface area contributed by atoms with E-state index in [9.17, 15) is 9.90 Å². The second-order valence-electron chi connectivity index (χ2n) is 6.69. The zero-order valence-electron chi connectivity index (χ0n) is 14.5. The third kappa shape index (κ3) is 3.69. The van der Waals surface area contributed by atoms with E-state index in [-0.39, 0.29) is 12.5 Å². The van der Waals surface area contributed by atoms with E-state index in [0.717, 1.165) is 23.0 Å². The van der Waals surface area contributed by atoms with Crippen molar-refractivity contribution in [3.8, 4) is 0 Å². The Kier molecular flexibility index (Phi) is 5.10. The first-order valence-corrected chi connectivity index (χ1v) is 9.51. The van der Waals surface area contributed by atoms with Crippen molar-refractivity contribution < 1.29 is 9.90 Å². The van der Waals surface area contributed by atoms with E-state index in [2.05, 4.69) is 10.3 Å². The number of benzene rings is 2. The summed E-state index contributed by atoms with van der Waals surface area (Å²) in [7, 11) is 0. The fourth-order valence-corrected chi connectivity index (χ4v) is 4.02. The van der Waals surface area contributed by atoms with Crippen molar-refractivity contribution in [2.24, 2.45) is 0 Å². The first kappa shape index (κ1) is 18.3. The fraction of sp³-hybridized carbons (Fsp3) is 0.250. The van der Waals surface area contributed by atoms with Crippen molar-refractivity contribution in [1.82, 2.24) is 9.88 Å². The molecule has 0 fully saturated rings. The summed E-state index contributed by atoms with van der Waals surface area (Å²) in [6.07, 6.45) is 0.788. The Labute approximate surface area is 166 Å². The minimum absolute atomic E-state index is 0.248. The summed E-state index contributed by atoms with van der Waals surface area (Å²) in [5, 5.41) is 15.1. The Morgan fingerprint density at radius 2 is 2.04 bits per heavy atom. The van der Waals surface area contributed by atoms with Gasteiger partial charge in [-0.15, -0.1) is 0 Å². The predicted molar refractivity (Wildman–Crippen MR) is 108 cm³/mol. The molecule has 7 heteroatoms. The molecule has 1 aromatic heterocycles. The summed E-state index contributed by atoms with van der Waals surface area (Å²) in [5.41, 5.74) is 3.95. The molecule has 1 unspecified atom stereocenters. The molecule has 0 radical (unpaired) electrons. The molecule has 2 heterocycles. The lowest BCUT2D eigenvalue weighted by Gasteiger charge is -2.32. The maximum Gasteiger partial charge on any atom is 0.244 e. The molecular formula is C20H19Cl2N3O2. The van der Waals surface area contributed by atoms with Gasteiger partial charge in [0.15, 0.2) is 0 Å². The van der Waals surface area contributed by atoms with E-state index >= 15 is 0 Å². The van der Waals surface area contributed by atoms with Gasteiger partial charge in [-0.1, -0.05) is 29.3 Å². The van der Waals surface area contributed by atoms with Crippen LogP contribution in [0.5, 0.6) is 0 Å². The SMILES string of the molecule is O=C(Nc1cccc(Cl)c1)C(CO)N1CCc2c([nH]c3ccc(Cl)cc23)C1. The molecule has 0 aliphatic carbocycles. The van der Waals surface area contributed by atoms with E-state index in [4.69, 9.17) is 23.2 Å². The van der Waals surface area contributed by atoms with Crippen molar-refractivity contribution in [2.45, 2.75) is 19.0 Å². The molecule has 1 aliphatic heterocycles. The molecule has 140 valence electrons. The smallest absolute Gasteiger partial charge is 0.244 e. The number of rotatable bonds is 4. The number of fused-ring (bicyclic) bond motifs is 3. The van der Waals surface area contributed by atoms with Crippen molar-refractivity contribution in [3.63, 3.8) is 0 Å². The zero-order chi connectivity index (χ0) is 19.0. The van der Waals surface area contributed by atoms with Gasteiger partial charge in [-0.3, -0.25) is 9.69 Å². The molecule has 0 saturated heterocycles. The van der Waals surface area contributed by atoms with Gasteiger partial charge in [0, 0.05) is 45.4 Å². The maximum atomic E-state index is 12.7. The Hall–Kier alpha value is -2.05. The topological polar surface area (TPSA) is 68.4 Å². The van der Waals surface area contributed by atoms with Crippen LogP contribution in [0.1, 0.15) is 11.3 Å². The average Bonchev–Trinajstić information content (AvgIpc) is 2.99. The highest BCUT2D eigenvalue weighted by Crippen LogP contribution is 2.30. The second kappa shape index (κ2) is 7.52. The van der Waals surface area contributed by atoms with E-state index in [1.54, 1.807) is 24.3 Å². The predicted octanol–water partition coefficient (Wildman–Crippen LogP) is 3.83. The van der Waals surface area contributed by atoms with Gasteiger partial charge in [0.1, 0.15) is 6.04 Å². The third-order valence-corrected chi connectivity index (χ3v) is 5.45. The number of carbonyl (C=O) groups excluding carboxylic acids is 1. The zero-order valence-corrected chi connectivity index (χ0v) is 16.0. The molecule has 2 aromatic carbocycles. The van der Waals surface area contributed by atoms with Crippen LogP contribution in [0.25, 0.3) is 10.9 Å². The van der Waals surface area contributed by atoms with Gasteiger partial charge in [0.05, 0.1) is 6.61 Å². The normalized spacial score (nSPS) is 15.5. The van der Waals surface area contributed by atoms with Crippen LogP contribution in [-0.2, 0) is 17.8 Å². The lowest BCUT2D eigenvalue weighted by molar-refractivity contribution is -0.123. The second-order valence-corrected chi connectivity index (χ2v) is 7.56. The Balaban J connectivity index is 1.54. The summed E-state index contributed by atoms with van der Waals surface area (Å²) in [6.45, 7) is 0.990. The summed E-state index contributed by atoms with van der Waals surface area (Å²) in [4.78, 5) is 18.1. The molecule has 1 amide bonds. The van der Waals surface area contributed by atoms with Crippen LogP contribution >= 0.6 is 23.2 Å². The van der Waals surface area contributed by atoms with Crippen molar-refractivity contribution in [2.75, 3.05) is 18.5 Å². The number of carbonyl (C=O) groups is 1. The van der Waals surface area contributed by atoms with Gasteiger partial charge < -0.3 is 15.4 Å². The maximum absolute atomic E-state index is 12.7. The number of amides is 1. The molecule has 3 aromatic rings. The monoisotopic (exact) mass is 403 g/mol. The van der Waals surface area contributed by atoms with Crippen molar-refractivity contribution in [1.29, 1.82) is 0 Å². The molecule has 1 atom stereocenters. The highest BCUT2D eigenvalue weighted by atomic mass is 35.5. The lowest BCUT2D eigenvalue weighted by Crippen LogP contribution is -2.48. The molecule has 27 heavy (non-hydrogen) atoms. The third-order valence-electron chi connectivity index (χ3n) is 4.98. The van der Waals surface area contributed by atoms with Crippen LogP contribution in [-0.4, -0.2) is 40.1 Å². The number of nitrogens with one attached hydrogen (secondary N) is 2. The minimum atomic E-state index is -0.632. The largest absolute Gasteiger partial charge is 0.394 e. The number of nitrogens with zero attached hydrogens (tertiary/aromatic N) is 1. The fourth-order valence-electron chi connectivity index (χ4n) is 3.66. The van der Waals surface area contributed by atoms with Crippen LogP contribution in [0.3, 0.4) is 0 Å². The Morgan fingerprint density at radius 3 is 2.81 bits per heavy atom. The van der Waals surface area contributed by atoms with Gasteiger partial charge in [-0.25, -0.2) is 0 Å². The van der Waals surface area contributed by atoms with Gasteiger partial charge in [-0.05, 0) is 48.4 Å². The first-order valence-electron chi connectivity index (χ1n) is 8.75. The van der Waals surface area contributed by atoms with Crippen molar-refractivity contribution >= 4 is 45.7 Å². The molecular weight excluding hydrogens is 385 g/mol. The summed E-state index contributed by atoms with van der Waals surface area (Å²) in [5.74, 6) is -0.248. The standard InChI is InChI=1S/C20H19Cl2N3O2/c21-12-2-1-3-14(8-12)23-20(27)19(11-26)25-7-6-15-16-9-13(22)4-5-17(16)24-18(15)10-25/h1-5,8-9,19,24,26H,6-7,10-11H2,(H,23,27). The molecule has 0 spiro atoms. The summed E-state index contributed by atoms with van der Waals surface area (Å²) in [6, 6.07) is 12.1. The van der Waals surface area contributed by atoms with Gasteiger partial charge in [0.2, 0.25) is 5.91 Å². The Bertz CT molecular complexity index is 1000. The van der Waals surface area contributed by atoms with E-state index in [1.165, 1.54) is 5.56 Å². The minimum Gasteiger partial charge on any atom is -0.394 e. The highest BCUT2D eigenvalue weighted by molar-refractivity contribution is 6.31. The summed E-state index contributed by atoms with van der Waals surface area (Å²) >= 11 is 12.1. The first-order chi connectivity index (χ1) is 13.0. The van der Waals surface area contributed by atoms with Crippen molar-refractivity contribution in [3.05, 3.63) is 63.8 Å². The number of halogens is 2. The van der Waals surface area contributed by atoms with Crippen LogP contribution in [0.4, 0.5) is 5.69 Å². The summed E-state index contributed by atoms with van der Waals surface area (Å²) < 4.78 is 0. The van der Waals surface area contributed by atoms with Crippen LogP contribution in [0.15, 0.2) is 42.5 Å². The lowest BCUT2D eigenvalue weighted by atomic mass is 10.0. The number of H-pyrrole nitrogens is 1. The van der Waals surface area contributed by atoms with E-state index in [1.807, 2.05) is 23.1 Å². The quantitative estimate of drug-likeness (QED) is 0.619. The molecule has 0 bridgehead atoms. The molecule has 1 aliphatic rings.